The maximum atomic E-state index is 13.1. The van der Waals surface area contributed by atoms with Gasteiger partial charge in [-0.2, -0.15) is 13.7 Å². The number of hydrogen-bond acceptors (Lipinski definition) is 7. The number of ether oxygens (including phenoxy) is 1. The molecule has 2 N–H and O–H groups in total. The summed E-state index contributed by atoms with van der Waals surface area (Å²) in [5.74, 6) is -0.639. The maximum Gasteiger partial charge on any atom is 0.252 e. The van der Waals surface area contributed by atoms with E-state index in [9.17, 15) is 21.6 Å². The fourth-order valence-corrected chi connectivity index (χ4v) is 6.17. The van der Waals surface area contributed by atoms with E-state index < -0.39 is 26.0 Å². The lowest BCUT2D eigenvalue weighted by Crippen LogP contribution is -2.37. The Bertz CT molecular complexity index is 1160. The normalized spacial score (nSPS) is 16.9. The topological polar surface area (TPSA) is 145 Å². The van der Waals surface area contributed by atoms with Crippen molar-refractivity contribution >= 4 is 26.0 Å². The Morgan fingerprint density at radius 1 is 1.03 bits per heavy atom. The number of carbonyl (C=O) groups is 1. The summed E-state index contributed by atoms with van der Waals surface area (Å²) in [5.41, 5.74) is 5.27. The van der Waals surface area contributed by atoms with Gasteiger partial charge in [0.15, 0.2) is 0 Å². The maximum absolute atomic E-state index is 13.1. The molecule has 1 aliphatic heterocycles. The van der Waals surface area contributed by atoms with E-state index in [1.165, 1.54) is 51.0 Å². The molecule has 11 nitrogen and oxygen atoms in total. The van der Waals surface area contributed by atoms with E-state index in [0.29, 0.717) is 6.42 Å². The third-order valence-corrected chi connectivity index (χ3v) is 8.55. The van der Waals surface area contributed by atoms with Crippen LogP contribution >= 0.6 is 0 Å². The van der Waals surface area contributed by atoms with Gasteiger partial charge in [0, 0.05) is 39.4 Å². The third kappa shape index (κ3) is 4.19. The summed E-state index contributed by atoms with van der Waals surface area (Å²) in [4.78, 5) is 11.6. The molecule has 2 aromatic rings. The number of primary amides is 1. The number of rotatable bonds is 6. The van der Waals surface area contributed by atoms with Crippen LogP contribution < -0.4 is 10.5 Å². The van der Waals surface area contributed by atoms with Crippen molar-refractivity contribution in [1.82, 2.24) is 18.4 Å². The van der Waals surface area contributed by atoms with Gasteiger partial charge in [-0.15, -0.1) is 0 Å². The smallest absolute Gasteiger partial charge is 0.252 e. The molecule has 3 rings (SSSR count). The predicted octanol–water partition coefficient (Wildman–Crippen LogP) is -0.387. The van der Waals surface area contributed by atoms with Crippen LogP contribution in [0.2, 0.25) is 0 Å². The van der Waals surface area contributed by atoms with Crippen LogP contribution in [0.15, 0.2) is 40.4 Å². The number of carbonyl (C=O) groups excluding carboxylic acids is 1. The minimum absolute atomic E-state index is 0.00467. The van der Waals surface area contributed by atoms with Crippen LogP contribution in [-0.4, -0.2) is 74.4 Å². The van der Waals surface area contributed by atoms with Crippen LogP contribution in [0.25, 0.3) is 0 Å². The molecule has 0 spiro atoms. The van der Waals surface area contributed by atoms with Crippen molar-refractivity contribution in [2.75, 3.05) is 33.3 Å². The Kier molecular flexibility index (Phi) is 6.17. The second-order valence-electron chi connectivity index (χ2n) is 6.74. The summed E-state index contributed by atoms with van der Waals surface area (Å²) >= 11 is 0. The number of aromatic nitrogens is 2. The molecule has 0 saturated carbocycles. The highest BCUT2D eigenvalue weighted by Gasteiger charge is 2.32. The SMILES string of the molecule is COc1ccc(S(=O)(=O)N2CCCN(S(=O)(=O)c3cnn(C)c3)CC2)cc1C(N)=O. The van der Waals surface area contributed by atoms with Crippen LogP contribution in [0.4, 0.5) is 0 Å². The van der Waals surface area contributed by atoms with E-state index in [1.54, 1.807) is 7.05 Å². The first-order valence-electron chi connectivity index (χ1n) is 9.04. The van der Waals surface area contributed by atoms with Crippen molar-refractivity contribution in [2.45, 2.75) is 16.2 Å². The van der Waals surface area contributed by atoms with Gasteiger partial charge in [0.25, 0.3) is 5.91 Å². The number of sulfonamides is 2. The third-order valence-electron chi connectivity index (χ3n) is 4.81. The van der Waals surface area contributed by atoms with E-state index in [4.69, 9.17) is 10.5 Å². The number of benzene rings is 1. The molecule has 0 radical (unpaired) electrons. The average molecular weight is 458 g/mol. The molecule has 0 bridgehead atoms. The van der Waals surface area contributed by atoms with Crippen LogP contribution in [0, 0.1) is 0 Å². The number of amides is 1. The van der Waals surface area contributed by atoms with E-state index in [0.717, 1.165) is 0 Å². The molecule has 1 aliphatic rings. The molecule has 1 fully saturated rings. The molecule has 0 aliphatic carbocycles. The highest BCUT2D eigenvalue weighted by atomic mass is 32.2. The lowest BCUT2D eigenvalue weighted by Gasteiger charge is -2.21. The molecule has 164 valence electrons. The summed E-state index contributed by atoms with van der Waals surface area (Å²) in [6, 6.07) is 3.87. The average Bonchev–Trinajstić information content (AvgIpc) is 2.99. The summed E-state index contributed by atoms with van der Waals surface area (Å²) in [6.45, 7) is 0.284. The molecule has 13 heteroatoms. The number of hydrogen-bond donors (Lipinski definition) is 1. The van der Waals surface area contributed by atoms with E-state index in [-0.39, 0.29) is 47.3 Å². The zero-order valence-corrected chi connectivity index (χ0v) is 18.2. The van der Waals surface area contributed by atoms with Gasteiger partial charge in [0.1, 0.15) is 10.6 Å². The minimum Gasteiger partial charge on any atom is -0.496 e. The highest BCUT2D eigenvalue weighted by molar-refractivity contribution is 7.89. The first-order chi connectivity index (χ1) is 14.1. The Balaban J connectivity index is 1.84. The number of aryl methyl sites for hydroxylation is 1. The summed E-state index contributed by atoms with van der Waals surface area (Å²) in [7, 11) is -4.77. The van der Waals surface area contributed by atoms with Gasteiger partial charge >= 0.3 is 0 Å². The minimum atomic E-state index is -3.96. The summed E-state index contributed by atoms with van der Waals surface area (Å²) < 4.78 is 60.7. The standard InChI is InChI=1S/C17H23N5O6S2/c1-20-12-14(11-19-20)30(26,27)22-7-3-6-21(8-9-22)29(24,25)13-4-5-16(28-2)15(10-13)17(18)23/h4-5,10-12H,3,6-9H2,1-2H3,(H2,18,23). The van der Waals surface area contributed by atoms with Gasteiger partial charge in [-0.1, -0.05) is 0 Å². The van der Waals surface area contributed by atoms with Crippen LogP contribution in [0.3, 0.4) is 0 Å². The molecule has 0 unspecified atom stereocenters. The van der Waals surface area contributed by atoms with E-state index >= 15 is 0 Å². The van der Waals surface area contributed by atoms with Gasteiger partial charge in [0.05, 0.1) is 23.8 Å². The summed E-state index contributed by atoms with van der Waals surface area (Å²) in [5, 5.41) is 3.89. The zero-order chi connectivity index (χ0) is 22.1. The van der Waals surface area contributed by atoms with Gasteiger partial charge in [0.2, 0.25) is 20.0 Å². The Morgan fingerprint density at radius 2 is 1.63 bits per heavy atom. The van der Waals surface area contributed by atoms with Gasteiger partial charge in [-0.3, -0.25) is 9.48 Å². The van der Waals surface area contributed by atoms with Crippen molar-refractivity contribution in [3.63, 3.8) is 0 Å². The largest absolute Gasteiger partial charge is 0.496 e. The number of methoxy groups -OCH3 is 1. The Labute approximate surface area is 175 Å². The predicted molar refractivity (Wildman–Crippen MR) is 107 cm³/mol. The lowest BCUT2D eigenvalue weighted by atomic mass is 10.2. The fraction of sp³-hybridized carbons (Fsp3) is 0.412. The van der Waals surface area contributed by atoms with Gasteiger partial charge in [-0.25, -0.2) is 16.8 Å². The molecular formula is C17H23N5O6S2. The summed E-state index contributed by atoms with van der Waals surface area (Å²) in [6.07, 6.45) is 2.98. The monoisotopic (exact) mass is 457 g/mol. The zero-order valence-electron chi connectivity index (χ0n) is 16.6. The van der Waals surface area contributed by atoms with Crippen molar-refractivity contribution in [3.05, 3.63) is 36.2 Å². The van der Waals surface area contributed by atoms with Crippen molar-refractivity contribution in [1.29, 1.82) is 0 Å². The number of nitrogens with two attached hydrogens (primary N) is 1. The molecule has 30 heavy (non-hydrogen) atoms. The second kappa shape index (κ2) is 8.34. The van der Waals surface area contributed by atoms with Crippen molar-refractivity contribution in [3.8, 4) is 5.75 Å². The second-order valence-corrected chi connectivity index (χ2v) is 10.6. The molecule has 2 heterocycles. The molecule has 1 saturated heterocycles. The van der Waals surface area contributed by atoms with Crippen molar-refractivity contribution in [2.24, 2.45) is 12.8 Å². The van der Waals surface area contributed by atoms with Crippen LogP contribution in [0.5, 0.6) is 5.75 Å². The quantitative estimate of drug-likeness (QED) is 0.622. The van der Waals surface area contributed by atoms with E-state index in [1.807, 2.05) is 0 Å². The Morgan fingerprint density at radius 3 is 2.13 bits per heavy atom. The fourth-order valence-electron chi connectivity index (χ4n) is 3.22. The van der Waals surface area contributed by atoms with Gasteiger partial charge in [-0.05, 0) is 24.6 Å². The van der Waals surface area contributed by atoms with Gasteiger partial charge < -0.3 is 10.5 Å². The number of nitrogens with zero attached hydrogens (tertiary/aromatic N) is 4. The molecule has 0 atom stereocenters. The molecule has 1 aromatic heterocycles. The lowest BCUT2D eigenvalue weighted by molar-refractivity contribution is 0.0997. The Hall–Kier alpha value is -2.48. The molecular weight excluding hydrogens is 434 g/mol. The highest BCUT2D eigenvalue weighted by Crippen LogP contribution is 2.26. The van der Waals surface area contributed by atoms with Crippen molar-refractivity contribution < 1.29 is 26.4 Å². The van der Waals surface area contributed by atoms with E-state index in [2.05, 4.69) is 5.10 Å². The first kappa shape index (κ1) is 22.2. The molecule has 1 aromatic carbocycles. The van der Waals surface area contributed by atoms with Crippen LogP contribution in [0.1, 0.15) is 16.8 Å². The first-order valence-corrected chi connectivity index (χ1v) is 11.9. The molecule has 1 amide bonds. The van der Waals surface area contributed by atoms with Crippen LogP contribution in [-0.2, 0) is 27.1 Å².